The van der Waals surface area contributed by atoms with Crippen molar-refractivity contribution in [3.05, 3.63) is 59.7 Å². The molecule has 5 nitrogen and oxygen atoms in total. The van der Waals surface area contributed by atoms with Crippen LogP contribution in [0.3, 0.4) is 0 Å². The zero-order valence-corrected chi connectivity index (χ0v) is 11.6. The lowest BCUT2D eigenvalue weighted by Gasteiger charge is -2.08. The molecule has 0 saturated heterocycles. The number of pyridine rings is 1. The van der Waals surface area contributed by atoms with Crippen LogP contribution in [0, 0.1) is 6.92 Å². The third-order valence-corrected chi connectivity index (χ3v) is 3.29. The van der Waals surface area contributed by atoms with Crippen molar-refractivity contribution in [1.82, 2.24) is 10.3 Å². The summed E-state index contributed by atoms with van der Waals surface area (Å²) in [7, 11) is 0. The highest BCUT2D eigenvalue weighted by Crippen LogP contribution is 2.22. The molecule has 3 rings (SSSR count). The Labute approximate surface area is 121 Å². The average molecular weight is 281 g/mol. The Balaban J connectivity index is 1.86. The molecule has 0 aliphatic rings. The quantitative estimate of drug-likeness (QED) is 0.773. The van der Waals surface area contributed by atoms with Gasteiger partial charge in [0.25, 0.3) is 5.91 Å². The van der Waals surface area contributed by atoms with Crippen molar-refractivity contribution in [2.45, 2.75) is 13.5 Å². The van der Waals surface area contributed by atoms with Crippen LogP contribution < -0.4 is 11.1 Å². The number of nitrogens with one attached hydrogen (secondary N) is 1. The summed E-state index contributed by atoms with van der Waals surface area (Å²) in [6.07, 6.45) is 1.50. The van der Waals surface area contributed by atoms with Gasteiger partial charge in [-0.25, -0.2) is 4.98 Å². The van der Waals surface area contributed by atoms with Crippen molar-refractivity contribution in [2.24, 2.45) is 0 Å². The normalized spacial score (nSPS) is 10.7. The highest BCUT2D eigenvalue weighted by atomic mass is 16.3. The Hall–Kier alpha value is -2.82. The minimum atomic E-state index is -0.201. The third-order valence-electron chi connectivity index (χ3n) is 3.29. The van der Waals surface area contributed by atoms with E-state index in [1.165, 1.54) is 6.20 Å². The minimum Gasteiger partial charge on any atom is -0.465 e. The van der Waals surface area contributed by atoms with Crippen LogP contribution in [0.2, 0.25) is 0 Å². The van der Waals surface area contributed by atoms with Gasteiger partial charge in [0.15, 0.2) is 0 Å². The number of fused-ring (bicyclic) bond motifs is 1. The van der Waals surface area contributed by atoms with Gasteiger partial charge in [0.05, 0.1) is 12.1 Å². The van der Waals surface area contributed by atoms with E-state index in [0.29, 0.717) is 23.7 Å². The molecule has 5 heteroatoms. The summed E-state index contributed by atoms with van der Waals surface area (Å²) in [4.78, 5) is 16.4. The van der Waals surface area contributed by atoms with E-state index in [4.69, 9.17) is 10.2 Å². The Morgan fingerprint density at radius 1 is 1.24 bits per heavy atom. The molecule has 3 N–H and O–H groups in total. The number of aryl methyl sites for hydroxylation is 1. The van der Waals surface area contributed by atoms with Gasteiger partial charge in [-0.15, -0.1) is 0 Å². The van der Waals surface area contributed by atoms with E-state index in [2.05, 4.69) is 10.3 Å². The van der Waals surface area contributed by atoms with Crippen LogP contribution in [0.15, 0.2) is 47.0 Å². The number of rotatable bonds is 3. The zero-order chi connectivity index (χ0) is 14.8. The second kappa shape index (κ2) is 5.28. The maximum Gasteiger partial charge on any atom is 0.253 e. The van der Waals surface area contributed by atoms with Gasteiger partial charge in [-0.2, -0.15) is 0 Å². The van der Waals surface area contributed by atoms with Crippen molar-refractivity contribution >= 4 is 22.5 Å². The Kier molecular flexibility index (Phi) is 3.31. The predicted octanol–water partition coefficient (Wildman–Crippen LogP) is 2.65. The number of benzene rings is 1. The largest absolute Gasteiger partial charge is 0.465 e. The molecule has 2 aromatic heterocycles. The molecular weight excluding hydrogens is 266 g/mol. The fourth-order valence-electron chi connectivity index (χ4n) is 2.24. The molecule has 3 aromatic rings. The minimum absolute atomic E-state index is 0.201. The van der Waals surface area contributed by atoms with Crippen LogP contribution in [0.1, 0.15) is 21.9 Å². The van der Waals surface area contributed by atoms with Gasteiger partial charge >= 0.3 is 0 Å². The molecule has 0 radical (unpaired) electrons. The summed E-state index contributed by atoms with van der Waals surface area (Å²) < 4.78 is 5.43. The number of carbonyl (C=O) groups excluding carboxylic acids is 1. The number of hydrogen-bond donors (Lipinski definition) is 2. The molecule has 0 aliphatic carbocycles. The summed E-state index contributed by atoms with van der Waals surface area (Å²) >= 11 is 0. The van der Waals surface area contributed by atoms with Crippen molar-refractivity contribution < 1.29 is 9.21 Å². The highest BCUT2D eigenvalue weighted by Gasteiger charge is 2.12. The summed E-state index contributed by atoms with van der Waals surface area (Å²) in [6.45, 7) is 2.20. The molecule has 2 heterocycles. The van der Waals surface area contributed by atoms with E-state index in [1.807, 2.05) is 43.3 Å². The third kappa shape index (κ3) is 2.58. The number of carbonyl (C=O) groups is 1. The van der Waals surface area contributed by atoms with Crippen LogP contribution in [0.25, 0.3) is 10.8 Å². The summed E-state index contributed by atoms with van der Waals surface area (Å²) in [5.41, 5.74) is 6.34. The highest BCUT2D eigenvalue weighted by molar-refractivity contribution is 6.08. The van der Waals surface area contributed by atoms with E-state index in [0.717, 1.165) is 16.5 Å². The topological polar surface area (TPSA) is 81.2 Å². The van der Waals surface area contributed by atoms with Gasteiger partial charge < -0.3 is 15.5 Å². The number of hydrogen-bond acceptors (Lipinski definition) is 4. The lowest BCUT2D eigenvalue weighted by atomic mass is 10.1. The number of nitrogen functional groups attached to an aromatic ring is 1. The summed E-state index contributed by atoms with van der Waals surface area (Å²) in [6, 6.07) is 11.2. The molecule has 0 aliphatic heterocycles. The van der Waals surface area contributed by atoms with Crippen molar-refractivity contribution in [3.63, 3.8) is 0 Å². The van der Waals surface area contributed by atoms with Crippen molar-refractivity contribution in [3.8, 4) is 0 Å². The molecular formula is C16H15N3O2. The Morgan fingerprint density at radius 3 is 2.71 bits per heavy atom. The molecule has 1 amide bonds. The smallest absolute Gasteiger partial charge is 0.253 e. The van der Waals surface area contributed by atoms with Gasteiger partial charge in [-0.3, -0.25) is 4.79 Å². The Morgan fingerprint density at radius 2 is 2.00 bits per heavy atom. The number of aromatic nitrogens is 1. The molecule has 0 unspecified atom stereocenters. The first-order valence-corrected chi connectivity index (χ1v) is 6.62. The first kappa shape index (κ1) is 13.2. The number of nitrogens with two attached hydrogens (primary N) is 1. The second-order valence-corrected chi connectivity index (χ2v) is 4.80. The first-order chi connectivity index (χ1) is 10.1. The van der Waals surface area contributed by atoms with E-state index in [1.54, 1.807) is 0 Å². The summed E-state index contributed by atoms with van der Waals surface area (Å²) in [5.74, 6) is 1.75. The van der Waals surface area contributed by atoms with Gasteiger partial charge in [0.1, 0.15) is 17.3 Å². The first-order valence-electron chi connectivity index (χ1n) is 6.62. The van der Waals surface area contributed by atoms with Crippen molar-refractivity contribution in [1.29, 1.82) is 0 Å². The maximum absolute atomic E-state index is 12.3. The molecule has 0 saturated carbocycles. The van der Waals surface area contributed by atoms with E-state index in [9.17, 15) is 4.79 Å². The molecule has 0 spiro atoms. The van der Waals surface area contributed by atoms with Crippen LogP contribution in [0.5, 0.6) is 0 Å². The molecule has 21 heavy (non-hydrogen) atoms. The van der Waals surface area contributed by atoms with Crippen LogP contribution >= 0.6 is 0 Å². The van der Waals surface area contributed by atoms with Gasteiger partial charge in [0.2, 0.25) is 0 Å². The van der Waals surface area contributed by atoms with E-state index in [-0.39, 0.29) is 5.91 Å². The lowest BCUT2D eigenvalue weighted by Crippen LogP contribution is -2.23. The number of nitrogens with zero attached hydrogens (tertiary/aromatic N) is 1. The lowest BCUT2D eigenvalue weighted by molar-refractivity contribution is 0.0949. The molecule has 0 fully saturated rings. The fourth-order valence-corrected chi connectivity index (χ4v) is 2.24. The summed E-state index contributed by atoms with van der Waals surface area (Å²) in [5, 5.41) is 4.39. The maximum atomic E-state index is 12.3. The second-order valence-electron chi connectivity index (χ2n) is 4.80. The molecule has 1 aromatic carbocycles. The van der Waals surface area contributed by atoms with Crippen molar-refractivity contribution in [2.75, 3.05) is 5.73 Å². The number of anilines is 1. The van der Waals surface area contributed by atoms with Crippen LogP contribution in [-0.4, -0.2) is 10.9 Å². The predicted molar refractivity (Wildman–Crippen MR) is 80.8 cm³/mol. The monoisotopic (exact) mass is 281 g/mol. The standard InChI is InChI=1S/C16H15N3O2/c1-10-6-7-11(21-10)8-19-16(20)14-9-18-15(17)13-5-3-2-4-12(13)14/h2-7,9H,8H2,1H3,(H2,17,18)(H,19,20). The number of amides is 1. The van der Waals surface area contributed by atoms with Gasteiger partial charge in [-0.1, -0.05) is 24.3 Å². The van der Waals surface area contributed by atoms with Gasteiger partial charge in [0, 0.05) is 11.6 Å². The molecule has 0 atom stereocenters. The van der Waals surface area contributed by atoms with E-state index >= 15 is 0 Å². The SMILES string of the molecule is Cc1ccc(CNC(=O)c2cnc(N)c3ccccc23)o1. The molecule has 106 valence electrons. The fraction of sp³-hybridized carbons (Fsp3) is 0.125. The number of furan rings is 1. The Bertz CT molecular complexity index is 808. The molecule has 0 bridgehead atoms. The average Bonchev–Trinajstić information content (AvgIpc) is 2.91. The van der Waals surface area contributed by atoms with Crippen LogP contribution in [-0.2, 0) is 6.54 Å². The van der Waals surface area contributed by atoms with Crippen LogP contribution in [0.4, 0.5) is 5.82 Å². The van der Waals surface area contributed by atoms with E-state index < -0.39 is 0 Å². The zero-order valence-electron chi connectivity index (χ0n) is 11.6. The van der Waals surface area contributed by atoms with Gasteiger partial charge in [-0.05, 0) is 24.4 Å².